The quantitative estimate of drug-likeness (QED) is 0.184. The highest BCUT2D eigenvalue weighted by Gasteiger charge is 2.29. The van der Waals surface area contributed by atoms with E-state index < -0.39 is 7.14 Å². The molecule has 0 spiro atoms. The first-order valence-corrected chi connectivity index (χ1v) is 21.6. The average Bonchev–Trinajstić information content (AvgIpc) is 3.59. The van der Waals surface area contributed by atoms with Crippen LogP contribution in [0.4, 0.5) is 34.5 Å². The standard InChI is InChI=1S/C38H51BrN9O3P/c1-44-14-16-46(17-15-44)28-9-12-48(13-10-28)34-24-35(50-3)33(23-30(34)27-8-11-45(2)26-27)42-38-40-25-31(39)37(43-38)41-32-7-6-29(22-36(32)52(4,5)49)47-18-20-51-21-19-47/h6-8,11,22-26,28H,9-10,12-21H2,1-5H3,(H2,40,41,42,43). The SMILES string of the molecule is COc1cc(N2CCC(N3CCN(C)CC3)CC2)c(-c2ccn(C)c2)cc1Nc1ncc(Br)c(Nc2ccc(N3CCOCC3)cc2P(C)(C)=O)n1. The van der Waals surface area contributed by atoms with Crippen LogP contribution >= 0.6 is 23.1 Å². The minimum Gasteiger partial charge on any atom is -0.494 e. The van der Waals surface area contributed by atoms with E-state index in [9.17, 15) is 4.57 Å². The van der Waals surface area contributed by atoms with E-state index in [4.69, 9.17) is 14.5 Å². The summed E-state index contributed by atoms with van der Waals surface area (Å²) in [5.74, 6) is 1.69. The van der Waals surface area contributed by atoms with Gasteiger partial charge >= 0.3 is 0 Å². The Morgan fingerprint density at radius 2 is 1.65 bits per heavy atom. The van der Waals surface area contributed by atoms with Gasteiger partial charge in [0, 0.05) is 118 Å². The highest BCUT2D eigenvalue weighted by Crippen LogP contribution is 2.43. The molecule has 3 saturated heterocycles. The molecule has 12 nitrogen and oxygen atoms in total. The topological polar surface area (TPSA) is 103 Å². The van der Waals surface area contributed by atoms with Gasteiger partial charge in [-0.25, -0.2) is 4.98 Å². The number of piperidine rings is 1. The van der Waals surface area contributed by atoms with Crippen molar-refractivity contribution in [2.75, 3.05) is 113 Å². The van der Waals surface area contributed by atoms with E-state index in [1.807, 2.05) is 12.1 Å². The molecule has 3 aliphatic rings. The molecule has 2 N–H and O–H groups in total. The first kappa shape index (κ1) is 36.7. The fourth-order valence-corrected chi connectivity index (χ4v) is 8.95. The maximum Gasteiger partial charge on any atom is 0.229 e. The van der Waals surface area contributed by atoms with Crippen LogP contribution in [0.1, 0.15) is 12.8 Å². The number of rotatable bonds is 10. The van der Waals surface area contributed by atoms with Gasteiger partial charge in [-0.1, -0.05) is 0 Å². The van der Waals surface area contributed by atoms with Gasteiger partial charge in [-0.3, -0.25) is 4.90 Å². The van der Waals surface area contributed by atoms with Crippen LogP contribution in [0.3, 0.4) is 0 Å². The predicted molar refractivity (Wildman–Crippen MR) is 217 cm³/mol. The maximum absolute atomic E-state index is 13.6. The fourth-order valence-electron chi connectivity index (χ4n) is 7.50. The first-order chi connectivity index (χ1) is 25.1. The third-order valence-corrected chi connectivity index (χ3v) is 12.6. The Morgan fingerprint density at radius 3 is 2.33 bits per heavy atom. The predicted octanol–water partition coefficient (Wildman–Crippen LogP) is 6.04. The van der Waals surface area contributed by atoms with Crippen molar-refractivity contribution in [3.8, 4) is 16.9 Å². The lowest BCUT2D eigenvalue weighted by Gasteiger charge is -2.43. The van der Waals surface area contributed by atoms with Gasteiger partial charge in [-0.2, -0.15) is 4.98 Å². The van der Waals surface area contributed by atoms with Crippen molar-refractivity contribution in [2.45, 2.75) is 18.9 Å². The number of benzene rings is 2. The third kappa shape index (κ3) is 8.29. The van der Waals surface area contributed by atoms with Gasteiger partial charge in [0.1, 0.15) is 18.7 Å². The number of aromatic nitrogens is 3. The van der Waals surface area contributed by atoms with Crippen LogP contribution in [0.5, 0.6) is 5.75 Å². The first-order valence-electron chi connectivity index (χ1n) is 18.2. The van der Waals surface area contributed by atoms with Crippen molar-refractivity contribution in [1.29, 1.82) is 0 Å². The van der Waals surface area contributed by atoms with Crippen LogP contribution in [-0.4, -0.2) is 123 Å². The second-order valence-electron chi connectivity index (χ2n) is 14.5. The second kappa shape index (κ2) is 15.8. The molecule has 14 heteroatoms. The number of nitrogens with zero attached hydrogens (tertiary/aromatic N) is 7. The molecule has 5 heterocycles. The molecule has 0 aliphatic carbocycles. The van der Waals surface area contributed by atoms with E-state index in [2.05, 4.69) is 106 Å². The molecule has 0 unspecified atom stereocenters. The number of hydrogen-bond acceptors (Lipinski definition) is 11. The van der Waals surface area contributed by atoms with Crippen LogP contribution in [0.25, 0.3) is 11.1 Å². The zero-order chi connectivity index (χ0) is 36.4. The Bertz CT molecular complexity index is 1910. The number of aryl methyl sites for hydroxylation is 1. The molecule has 0 radical (unpaired) electrons. The van der Waals surface area contributed by atoms with E-state index in [-0.39, 0.29) is 0 Å². The normalized spacial score (nSPS) is 18.1. The molecule has 3 fully saturated rings. The molecule has 0 amide bonds. The monoisotopic (exact) mass is 791 g/mol. The van der Waals surface area contributed by atoms with Gasteiger partial charge in [-0.05, 0) is 79.5 Å². The molecule has 7 rings (SSSR count). The van der Waals surface area contributed by atoms with Crippen molar-refractivity contribution in [3.05, 3.63) is 59.5 Å². The number of nitrogens with one attached hydrogen (secondary N) is 2. The second-order valence-corrected chi connectivity index (χ2v) is 18.5. The van der Waals surface area contributed by atoms with E-state index in [0.717, 1.165) is 104 Å². The lowest BCUT2D eigenvalue weighted by molar-refractivity contribution is 0.0982. The number of morpholine rings is 1. The number of methoxy groups -OCH3 is 1. The molecule has 278 valence electrons. The summed E-state index contributed by atoms with van der Waals surface area (Å²) in [6.45, 7) is 13.2. The summed E-state index contributed by atoms with van der Waals surface area (Å²) in [6, 6.07) is 13.2. The van der Waals surface area contributed by atoms with Crippen molar-refractivity contribution in [3.63, 3.8) is 0 Å². The van der Waals surface area contributed by atoms with Gasteiger partial charge in [0.2, 0.25) is 5.95 Å². The fraction of sp³-hybridized carbons (Fsp3) is 0.474. The van der Waals surface area contributed by atoms with Gasteiger partial charge in [0.25, 0.3) is 0 Å². The van der Waals surface area contributed by atoms with Crippen LogP contribution < -0.4 is 30.5 Å². The number of halogens is 1. The summed E-state index contributed by atoms with van der Waals surface area (Å²) in [7, 11) is 3.33. The molecular formula is C38H51BrN9O3P. The zero-order valence-electron chi connectivity index (χ0n) is 30.9. The molecular weight excluding hydrogens is 741 g/mol. The molecule has 0 saturated carbocycles. The number of piperazine rings is 1. The van der Waals surface area contributed by atoms with Gasteiger partial charge in [-0.15, -0.1) is 0 Å². The summed E-state index contributed by atoms with van der Waals surface area (Å²) < 4.78 is 27.9. The Balaban J connectivity index is 1.15. The lowest BCUT2D eigenvalue weighted by atomic mass is 9.98. The molecule has 0 atom stereocenters. The smallest absolute Gasteiger partial charge is 0.229 e. The van der Waals surface area contributed by atoms with Crippen molar-refractivity contribution in [1.82, 2.24) is 24.3 Å². The van der Waals surface area contributed by atoms with Crippen molar-refractivity contribution < 1.29 is 14.0 Å². The average molecular weight is 793 g/mol. The van der Waals surface area contributed by atoms with Crippen LogP contribution in [0, 0.1) is 0 Å². The lowest BCUT2D eigenvalue weighted by Crippen LogP contribution is -2.52. The summed E-state index contributed by atoms with van der Waals surface area (Å²) in [5.41, 5.74) is 6.00. The summed E-state index contributed by atoms with van der Waals surface area (Å²) in [4.78, 5) is 19.4. The minimum atomic E-state index is -2.65. The van der Waals surface area contributed by atoms with E-state index in [1.54, 1.807) is 26.6 Å². The van der Waals surface area contributed by atoms with E-state index in [1.165, 1.54) is 5.69 Å². The Morgan fingerprint density at radius 1 is 0.904 bits per heavy atom. The molecule has 2 aromatic carbocycles. The van der Waals surface area contributed by atoms with Crippen molar-refractivity contribution in [2.24, 2.45) is 7.05 Å². The number of ether oxygens (including phenoxy) is 2. The zero-order valence-corrected chi connectivity index (χ0v) is 33.4. The maximum atomic E-state index is 13.6. The number of hydrogen-bond donors (Lipinski definition) is 2. The molecule has 2 aromatic heterocycles. The summed E-state index contributed by atoms with van der Waals surface area (Å²) >= 11 is 3.64. The Labute approximate surface area is 316 Å². The van der Waals surface area contributed by atoms with E-state index in [0.29, 0.717) is 35.5 Å². The molecule has 52 heavy (non-hydrogen) atoms. The highest BCUT2D eigenvalue weighted by molar-refractivity contribution is 9.10. The van der Waals surface area contributed by atoms with Crippen LogP contribution in [-0.2, 0) is 16.3 Å². The van der Waals surface area contributed by atoms with Crippen LogP contribution in [0.15, 0.2) is 59.5 Å². The molecule has 3 aliphatic heterocycles. The highest BCUT2D eigenvalue weighted by atomic mass is 79.9. The Kier molecular flexibility index (Phi) is 11.1. The van der Waals surface area contributed by atoms with Gasteiger partial charge in [0.05, 0.1) is 36.2 Å². The summed E-state index contributed by atoms with van der Waals surface area (Å²) in [6.07, 6.45) is 8.25. The van der Waals surface area contributed by atoms with Crippen molar-refractivity contribution >= 4 is 62.9 Å². The number of anilines is 6. The molecule has 4 aromatic rings. The van der Waals surface area contributed by atoms with E-state index >= 15 is 0 Å². The van der Waals surface area contributed by atoms with Gasteiger partial charge < -0.3 is 43.9 Å². The molecule has 0 bridgehead atoms. The Hall–Kier alpha value is -3.61. The van der Waals surface area contributed by atoms with Crippen LogP contribution in [0.2, 0.25) is 0 Å². The third-order valence-electron chi connectivity index (χ3n) is 10.5. The van der Waals surface area contributed by atoms with Gasteiger partial charge in [0.15, 0.2) is 0 Å². The largest absolute Gasteiger partial charge is 0.494 e. The number of likely N-dealkylation sites (N-methyl/N-ethyl adjacent to an activating group) is 1. The minimum absolute atomic E-state index is 0.409. The summed E-state index contributed by atoms with van der Waals surface area (Å²) in [5, 5.41) is 7.68.